The standard InChI is InChI=1S/C24H27FN8/c1-31-16-29-30-24(31)17-6-10-33(11-7-17)23-19(18-2-5-22(25)28-15-18)3-4-21(20(23)14-26)32-12-8-27-9-13-32/h2-5,15-17,27H,6-13H2,1H3. The maximum Gasteiger partial charge on any atom is 0.212 e. The summed E-state index contributed by atoms with van der Waals surface area (Å²) < 4.78 is 15.5. The van der Waals surface area contributed by atoms with E-state index in [2.05, 4.69) is 42.4 Å². The van der Waals surface area contributed by atoms with Crippen molar-refractivity contribution in [3.05, 3.63) is 54.1 Å². The first-order valence-corrected chi connectivity index (χ1v) is 11.4. The maximum atomic E-state index is 13.5. The highest BCUT2D eigenvalue weighted by Gasteiger charge is 2.29. The molecule has 2 aliphatic rings. The zero-order chi connectivity index (χ0) is 22.8. The number of nitrogens with one attached hydrogen (secondary N) is 1. The minimum absolute atomic E-state index is 0.339. The highest BCUT2D eigenvalue weighted by atomic mass is 19.1. The monoisotopic (exact) mass is 446 g/mol. The van der Waals surface area contributed by atoms with Crippen molar-refractivity contribution in [2.45, 2.75) is 18.8 Å². The van der Waals surface area contributed by atoms with Gasteiger partial charge in [-0.05, 0) is 31.0 Å². The van der Waals surface area contributed by atoms with Crippen LogP contribution in [-0.4, -0.2) is 59.0 Å². The normalized spacial score (nSPS) is 17.2. The Morgan fingerprint density at radius 3 is 2.48 bits per heavy atom. The van der Waals surface area contributed by atoms with Gasteiger partial charge in [0.25, 0.3) is 0 Å². The molecule has 33 heavy (non-hydrogen) atoms. The van der Waals surface area contributed by atoms with Gasteiger partial charge in [-0.15, -0.1) is 10.2 Å². The van der Waals surface area contributed by atoms with Crippen molar-refractivity contribution in [2.75, 3.05) is 49.1 Å². The SMILES string of the molecule is Cn1cnnc1C1CCN(c2c(-c3ccc(F)nc3)ccc(N3CCNCC3)c2C#N)CC1. The minimum atomic E-state index is -0.511. The summed E-state index contributed by atoms with van der Waals surface area (Å²) in [5.74, 6) is 0.835. The predicted octanol–water partition coefficient (Wildman–Crippen LogP) is 2.68. The lowest BCUT2D eigenvalue weighted by molar-refractivity contribution is 0.474. The van der Waals surface area contributed by atoms with Crippen LogP contribution in [-0.2, 0) is 7.05 Å². The number of aryl methyl sites for hydroxylation is 1. The summed E-state index contributed by atoms with van der Waals surface area (Å²) in [6, 6.07) is 9.69. The van der Waals surface area contributed by atoms with Gasteiger partial charge in [0.1, 0.15) is 18.2 Å². The average molecular weight is 447 g/mol. The van der Waals surface area contributed by atoms with E-state index in [1.807, 2.05) is 17.7 Å². The largest absolute Gasteiger partial charge is 0.370 e. The molecule has 5 rings (SSSR count). The molecule has 0 radical (unpaired) electrons. The van der Waals surface area contributed by atoms with Crippen LogP contribution in [0.3, 0.4) is 0 Å². The lowest BCUT2D eigenvalue weighted by Crippen LogP contribution is -2.44. The Kier molecular flexibility index (Phi) is 5.92. The number of halogens is 1. The Morgan fingerprint density at radius 1 is 1.06 bits per heavy atom. The summed E-state index contributed by atoms with van der Waals surface area (Å²) in [5.41, 5.74) is 4.28. The highest BCUT2D eigenvalue weighted by molar-refractivity contribution is 5.88. The summed E-state index contributed by atoms with van der Waals surface area (Å²) in [4.78, 5) is 8.44. The molecule has 3 aromatic rings. The molecule has 2 fully saturated rings. The Morgan fingerprint density at radius 2 is 1.85 bits per heavy atom. The van der Waals surface area contributed by atoms with Gasteiger partial charge in [0.05, 0.1) is 16.9 Å². The first-order chi connectivity index (χ1) is 16.2. The number of benzene rings is 1. The van der Waals surface area contributed by atoms with Crippen LogP contribution in [0.25, 0.3) is 11.1 Å². The topological polar surface area (TPSA) is 85.9 Å². The molecule has 0 amide bonds. The number of hydrogen-bond acceptors (Lipinski definition) is 7. The fraction of sp³-hybridized carbons (Fsp3) is 0.417. The first-order valence-electron chi connectivity index (χ1n) is 11.4. The number of piperidine rings is 1. The molecule has 2 aromatic heterocycles. The van der Waals surface area contributed by atoms with Crippen molar-refractivity contribution in [2.24, 2.45) is 7.05 Å². The molecule has 2 aliphatic heterocycles. The van der Waals surface area contributed by atoms with E-state index in [-0.39, 0.29) is 0 Å². The van der Waals surface area contributed by atoms with E-state index < -0.39 is 5.95 Å². The van der Waals surface area contributed by atoms with Gasteiger partial charge in [-0.3, -0.25) is 0 Å². The van der Waals surface area contributed by atoms with Gasteiger partial charge in [0.2, 0.25) is 5.95 Å². The highest BCUT2D eigenvalue weighted by Crippen LogP contribution is 2.41. The van der Waals surface area contributed by atoms with Gasteiger partial charge in [0, 0.05) is 69.6 Å². The summed E-state index contributed by atoms with van der Waals surface area (Å²) in [5, 5.41) is 22.0. The van der Waals surface area contributed by atoms with Gasteiger partial charge in [-0.25, -0.2) is 4.98 Å². The molecule has 9 heteroatoms. The second kappa shape index (κ2) is 9.16. The number of aromatic nitrogens is 4. The van der Waals surface area contributed by atoms with E-state index in [4.69, 9.17) is 0 Å². The third kappa shape index (κ3) is 4.14. The zero-order valence-electron chi connectivity index (χ0n) is 18.7. The fourth-order valence-electron chi connectivity index (χ4n) is 4.98. The quantitative estimate of drug-likeness (QED) is 0.617. The van der Waals surface area contributed by atoms with Crippen LogP contribution in [0.5, 0.6) is 0 Å². The van der Waals surface area contributed by atoms with Gasteiger partial charge >= 0.3 is 0 Å². The molecule has 1 N–H and O–H groups in total. The van der Waals surface area contributed by atoms with Gasteiger partial charge in [0.15, 0.2) is 0 Å². The molecule has 0 saturated carbocycles. The van der Waals surface area contributed by atoms with Crippen molar-refractivity contribution in [3.63, 3.8) is 0 Å². The first kappa shape index (κ1) is 21.3. The zero-order valence-corrected chi connectivity index (χ0v) is 18.7. The number of nitriles is 1. The predicted molar refractivity (Wildman–Crippen MR) is 125 cm³/mol. The van der Waals surface area contributed by atoms with Crippen molar-refractivity contribution >= 4 is 11.4 Å². The summed E-state index contributed by atoms with van der Waals surface area (Å²) in [7, 11) is 1.98. The van der Waals surface area contributed by atoms with Gasteiger partial charge in [-0.1, -0.05) is 6.07 Å². The molecule has 0 atom stereocenters. The van der Waals surface area contributed by atoms with E-state index in [0.29, 0.717) is 11.5 Å². The maximum absolute atomic E-state index is 13.5. The van der Waals surface area contributed by atoms with Crippen LogP contribution < -0.4 is 15.1 Å². The second-order valence-electron chi connectivity index (χ2n) is 8.64. The van der Waals surface area contributed by atoms with Gasteiger partial charge in [-0.2, -0.15) is 9.65 Å². The summed E-state index contributed by atoms with van der Waals surface area (Å²) in [6.07, 6.45) is 5.14. The Hall–Kier alpha value is -3.51. The molecular weight excluding hydrogens is 419 g/mol. The molecule has 2 saturated heterocycles. The molecule has 0 spiro atoms. The molecule has 8 nitrogen and oxygen atoms in total. The van der Waals surface area contributed by atoms with E-state index in [9.17, 15) is 9.65 Å². The van der Waals surface area contributed by atoms with Crippen LogP contribution in [0, 0.1) is 17.3 Å². The lowest BCUT2D eigenvalue weighted by atomic mass is 9.92. The Labute approximate surface area is 192 Å². The molecule has 4 heterocycles. The van der Waals surface area contributed by atoms with E-state index in [1.54, 1.807) is 18.6 Å². The van der Waals surface area contributed by atoms with E-state index in [1.165, 1.54) is 6.07 Å². The average Bonchev–Trinajstić information content (AvgIpc) is 3.30. The third-order valence-electron chi connectivity index (χ3n) is 6.69. The minimum Gasteiger partial charge on any atom is -0.370 e. The van der Waals surface area contributed by atoms with Crippen LogP contribution in [0.2, 0.25) is 0 Å². The lowest BCUT2D eigenvalue weighted by Gasteiger charge is -2.37. The number of hydrogen-bond donors (Lipinski definition) is 1. The molecule has 170 valence electrons. The van der Waals surface area contributed by atoms with Crippen LogP contribution in [0.15, 0.2) is 36.8 Å². The number of pyridine rings is 1. The van der Waals surface area contributed by atoms with E-state index in [0.717, 1.165) is 80.4 Å². The van der Waals surface area contributed by atoms with Gasteiger partial charge < -0.3 is 19.7 Å². The van der Waals surface area contributed by atoms with Crippen molar-refractivity contribution < 1.29 is 4.39 Å². The van der Waals surface area contributed by atoms with Crippen molar-refractivity contribution in [1.82, 2.24) is 25.1 Å². The molecule has 0 bridgehead atoms. The Bertz CT molecular complexity index is 1150. The smallest absolute Gasteiger partial charge is 0.212 e. The summed E-state index contributed by atoms with van der Waals surface area (Å²) in [6.45, 7) is 5.12. The van der Waals surface area contributed by atoms with Crippen LogP contribution >= 0.6 is 0 Å². The number of nitrogens with zero attached hydrogens (tertiary/aromatic N) is 7. The number of anilines is 2. The molecule has 1 aromatic carbocycles. The molecule has 0 unspecified atom stereocenters. The third-order valence-corrected chi connectivity index (χ3v) is 6.69. The molecule has 0 aliphatic carbocycles. The second-order valence-corrected chi connectivity index (χ2v) is 8.64. The van der Waals surface area contributed by atoms with E-state index >= 15 is 0 Å². The Balaban J connectivity index is 1.54. The number of piperazine rings is 1. The number of rotatable bonds is 4. The van der Waals surface area contributed by atoms with Crippen LogP contribution in [0.1, 0.15) is 30.1 Å². The summed E-state index contributed by atoms with van der Waals surface area (Å²) >= 11 is 0. The van der Waals surface area contributed by atoms with Crippen LogP contribution in [0.4, 0.5) is 15.8 Å². The van der Waals surface area contributed by atoms with Crippen molar-refractivity contribution in [3.8, 4) is 17.2 Å². The van der Waals surface area contributed by atoms with Crippen molar-refractivity contribution in [1.29, 1.82) is 5.26 Å². The fourth-order valence-corrected chi connectivity index (χ4v) is 4.98. The molecular formula is C24H27FN8.